The number of hydrogen-bond donors (Lipinski definition) is 2. The molecule has 0 radical (unpaired) electrons. The fourth-order valence-corrected chi connectivity index (χ4v) is 0.453. The van der Waals surface area contributed by atoms with E-state index in [1.807, 2.05) is 11.9 Å². The van der Waals surface area contributed by atoms with Gasteiger partial charge in [0.2, 0.25) is 0 Å². The van der Waals surface area contributed by atoms with Gasteiger partial charge in [-0.05, 0) is 14.0 Å². The summed E-state index contributed by atoms with van der Waals surface area (Å²) in [7, 11) is 1.85. The molecule has 0 aromatic heterocycles. The van der Waals surface area contributed by atoms with Crippen LogP contribution in [0.1, 0.15) is 6.92 Å². The Balaban J connectivity index is 0. The van der Waals surface area contributed by atoms with Crippen LogP contribution in [-0.2, 0) is 4.79 Å². The van der Waals surface area contributed by atoms with Crippen LogP contribution >= 0.6 is 0 Å². The Labute approximate surface area is 67.4 Å². The monoisotopic (exact) mass is 163 g/mol. The van der Waals surface area contributed by atoms with Crippen molar-refractivity contribution in [3.63, 3.8) is 0 Å². The number of hydrogen-bond acceptors (Lipinski definition) is 4. The van der Waals surface area contributed by atoms with Crippen molar-refractivity contribution in [2.24, 2.45) is 0 Å². The molecule has 0 aromatic rings. The molecule has 2 N–H and O–H groups in total. The lowest BCUT2D eigenvalue weighted by Gasteiger charge is -2.11. The van der Waals surface area contributed by atoms with Crippen LogP contribution in [0.3, 0.4) is 0 Å². The van der Waals surface area contributed by atoms with Crippen LogP contribution in [0.4, 0.5) is 0 Å². The Morgan fingerprint density at radius 3 is 1.73 bits per heavy atom. The van der Waals surface area contributed by atoms with Crippen LogP contribution in [0, 0.1) is 0 Å². The van der Waals surface area contributed by atoms with Gasteiger partial charge in [0.15, 0.2) is 0 Å². The number of nitrogens with zero attached hydrogens (tertiary/aromatic N) is 1. The SMILES string of the molecule is CC=O.CN(CCO)CCO. The third-order valence-corrected chi connectivity index (χ3v) is 0.963. The first-order valence-electron chi connectivity index (χ1n) is 3.53. The maximum absolute atomic E-state index is 8.81. The highest BCUT2D eigenvalue weighted by Gasteiger charge is 1.91. The molecular formula is C7H17NO3. The highest BCUT2D eigenvalue weighted by molar-refractivity contribution is 5.44. The van der Waals surface area contributed by atoms with Crippen molar-refractivity contribution in [1.29, 1.82) is 0 Å². The Kier molecular flexibility index (Phi) is 14.7. The van der Waals surface area contributed by atoms with Gasteiger partial charge in [0.05, 0.1) is 13.2 Å². The zero-order valence-electron chi connectivity index (χ0n) is 7.16. The van der Waals surface area contributed by atoms with Gasteiger partial charge in [-0.3, -0.25) is 0 Å². The van der Waals surface area contributed by atoms with Crippen molar-refractivity contribution in [3.8, 4) is 0 Å². The molecule has 0 atom stereocenters. The number of carbonyl (C=O) groups excluding carboxylic acids is 1. The van der Waals surface area contributed by atoms with Crippen molar-refractivity contribution in [2.75, 3.05) is 33.4 Å². The van der Waals surface area contributed by atoms with Gasteiger partial charge in [-0.15, -0.1) is 0 Å². The molecular weight excluding hydrogens is 146 g/mol. The molecule has 0 aliphatic rings. The van der Waals surface area contributed by atoms with Gasteiger partial charge in [0, 0.05) is 13.1 Å². The fourth-order valence-electron chi connectivity index (χ4n) is 0.453. The Bertz CT molecular complexity index is 72.1. The molecule has 0 bridgehead atoms. The van der Waals surface area contributed by atoms with Crippen LogP contribution in [0.15, 0.2) is 0 Å². The number of aliphatic hydroxyl groups is 2. The molecule has 4 nitrogen and oxygen atoms in total. The molecule has 0 heterocycles. The molecule has 0 aromatic carbocycles. The van der Waals surface area contributed by atoms with Crippen molar-refractivity contribution in [2.45, 2.75) is 6.92 Å². The molecule has 11 heavy (non-hydrogen) atoms. The predicted octanol–water partition coefficient (Wildman–Crippen LogP) is -0.892. The van der Waals surface area contributed by atoms with E-state index in [9.17, 15) is 0 Å². The lowest BCUT2D eigenvalue weighted by Crippen LogP contribution is -2.25. The van der Waals surface area contributed by atoms with E-state index in [4.69, 9.17) is 15.0 Å². The van der Waals surface area contributed by atoms with E-state index >= 15 is 0 Å². The second-order valence-electron chi connectivity index (χ2n) is 1.99. The number of aldehydes is 1. The molecule has 0 fully saturated rings. The quantitative estimate of drug-likeness (QED) is 0.528. The van der Waals surface area contributed by atoms with Gasteiger partial charge < -0.3 is 19.9 Å². The van der Waals surface area contributed by atoms with Gasteiger partial charge >= 0.3 is 0 Å². The Hall–Kier alpha value is -0.450. The zero-order chi connectivity index (χ0) is 9.11. The molecule has 0 saturated carbocycles. The third kappa shape index (κ3) is 17.7. The van der Waals surface area contributed by atoms with Crippen LogP contribution in [0.25, 0.3) is 0 Å². The molecule has 4 heteroatoms. The van der Waals surface area contributed by atoms with Crippen LogP contribution in [-0.4, -0.2) is 54.8 Å². The van der Waals surface area contributed by atoms with Gasteiger partial charge in [0.25, 0.3) is 0 Å². The Morgan fingerprint density at radius 2 is 1.55 bits per heavy atom. The largest absolute Gasteiger partial charge is 0.395 e. The fraction of sp³-hybridized carbons (Fsp3) is 0.857. The summed E-state index contributed by atoms with van der Waals surface area (Å²) in [5.74, 6) is 0. The summed E-state index contributed by atoms with van der Waals surface area (Å²) in [6.45, 7) is 3.05. The van der Waals surface area contributed by atoms with Gasteiger partial charge in [-0.1, -0.05) is 0 Å². The molecule has 0 aliphatic heterocycles. The van der Waals surface area contributed by atoms with E-state index in [-0.39, 0.29) is 13.2 Å². The summed E-state index contributed by atoms with van der Waals surface area (Å²) >= 11 is 0. The normalized spacial score (nSPS) is 8.82. The number of carbonyl (C=O) groups is 1. The number of likely N-dealkylation sites (N-methyl/N-ethyl adjacent to an activating group) is 1. The lowest BCUT2D eigenvalue weighted by molar-refractivity contribution is -0.106. The van der Waals surface area contributed by atoms with E-state index < -0.39 is 0 Å². The van der Waals surface area contributed by atoms with Crippen LogP contribution in [0.5, 0.6) is 0 Å². The summed E-state index contributed by atoms with van der Waals surface area (Å²) in [6.07, 6.45) is 0.750. The smallest absolute Gasteiger partial charge is 0.116 e. The summed E-state index contributed by atoms with van der Waals surface area (Å²) in [5.41, 5.74) is 0. The highest BCUT2D eigenvalue weighted by Crippen LogP contribution is 1.76. The van der Waals surface area contributed by atoms with Crippen molar-refractivity contribution in [3.05, 3.63) is 0 Å². The lowest BCUT2D eigenvalue weighted by atomic mass is 10.5. The molecule has 0 rings (SSSR count). The van der Waals surface area contributed by atoms with Crippen LogP contribution < -0.4 is 0 Å². The van der Waals surface area contributed by atoms with Gasteiger partial charge in [0.1, 0.15) is 6.29 Å². The first-order valence-corrected chi connectivity index (χ1v) is 3.53. The van der Waals surface area contributed by atoms with E-state index in [0.29, 0.717) is 13.1 Å². The summed E-state index contributed by atoms with van der Waals surface area (Å²) in [6, 6.07) is 0. The standard InChI is InChI=1S/C5H13NO2.C2H4O/c1-6(2-4-7)3-5-8;1-2-3/h7-8H,2-5H2,1H3;2H,1H3. The molecule has 0 amide bonds. The zero-order valence-corrected chi connectivity index (χ0v) is 7.16. The summed E-state index contributed by atoms with van der Waals surface area (Å²) < 4.78 is 0. The van der Waals surface area contributed by atoms with Gasteiger partial charge in [-0.2, -0.15) is 0 Å². The maximum atomic E-state index is 8.81. The van der Waals surface area contributed by atoms with E-state index in [1.165, 1.54) is 6.92 Å². The molecule has 68 valence electrons. The first kappa shape index (κ1) is 13.2. The summed E-state index contributed by atoms with van der Waals surface area (Å²) in [5, 5.41) is 16.7. The van der Waals surface area contributed by atoms with Crippen molar-refractivity contribution >= 4 is 6.29 Å². The third-order valence-electron chi connectivity index (χ3n) is 0.963. The van der Waals surface area contributed by atoms with E-state index in [1.54, 1.807) is 0 Å². The number of rotatable bonds is 4. The topological polar surface area (TPSA) is 60.8 Å². The minimum absolute atomic E-state index is 0.163. The first-order chi connectivity index (χ1) is 5.22. The minimum atomic E-state index is 0.163. The Morgan fingerprint density at radius 1 is 1.27 bits per heavy atom. The minimum Gasteiger partial charge on any atom is -0.395 e. The second-order valence-corrected chi connectivity index (χ2v) is 1.99. The van der Waals surface area contributed by atoms with E-state index in [0.717, 1.165) is 6.29 Å². The molecule has 0 unspecified atom stereocenters. The second kappa shape index (κ2) is 12.2. The average Bonchev–Trinajstić information content (AvgIpc) is 1.90. The van der Waals surface area contributed by atoms with Crippen LogP contribution in [0.2, 0.25) is 0 Å². The van der Waals surface area contributed by atoms with E-state index in [2.05, 4.69) is 0 Å². The summed E-state index contributed by atoms with van der Waals surface area (Å²) in [4.78, 5) is 10.7. The average molecular weight is 163 g/mol. The van der Waals surface area contributed by atoms with Crippen molar-refractivity contribution < 1.29 is 15.0 Å². The highest BCUT2D eigenvalue weighted by atomic mass is 16.3. The molecule has 0 spiro atoms. The molecule has 0 aliphatic carbocycles. The maximum Gasteiger partial charge on any atom is 0.116 e. The molecule has 0 saturated heterocycles. The number of aliphatic hydroxyl groups excluding tert-OH is 2. The van der Waals surface area contributed by atoms with Crippen molar-refractivity contribution in [1.82, 2.24) is 4.90 Å². The van der Waals surface area contributed by atoms with Gasteiger partial charge in [-0.25, -0.2) is 0 Å². The predicted molar refractivity (Wildman–Crippen MR) is 43.4 cm³/mol.